The highest BCUT2D eigenvalue weighted by atomic mass is 16.5. The van der Waals surface area contributed by atoms with Crippen molar-refractivity contribution in [1.82, 2.24) is 0 Å². The molecule has 2 nitrogen and oxygen atoms in total. The third-order valence-corrected chi connectivity index (χ3v) is 0.943. The summed E-state index contributed by atoms with van der Waals surface area (Å²) >= 11 is 0. The van der Waals surface area contributed by atoms with Gasteiger partial charge in [-0.1, -0.05) is 0 Å². The summed E-state index contributed by atoms with van der Waals surface area (Å²) in [5, 5.41) is 0. The minimum absolute atomic E-state index is 0.789. The molecule has 0 radical (unpaired) electrons. The number of nitrogens with two attached hydrogens (primary N) is 1. The standard InChI is InChI=1S/C6H14NO/c1-8-6-4-2-3-5-7/h6H,2-5,7H2,1H3/q+1. The average Bonchev–Trinajstić information content (AvgIpc) is 1.81. The van der Waals surface area contributed by atoms with Crippen LogP contribution in [0, 0.1) is 6.61 Å². The zero-order chi connectivity index (χ0) is 6.24. The minimum Gasteiger partial charge on any atom is -0.330 e. The lowest BCUT2D eigenvalue weighted by molar-refractivity contribution is 0.262. The summed E-state index contributed by atoms with van der Waals surface area (Å²) in [6, 6.07) is 0. The van der Waals surface area contributed by atoms with Crippen molar-refractivity contribution in [2.24, 2.45) is 5.73 Å². The molecule has 0 heterocycles. The first kappa shape index (κ1) is 7.79. The van der Waals surface area contributed by atoms with Crippen LogP contribution in [0.2, 0.25) is 0 Å². The molecule has 0 amide bonds. The van der Waals surface area contributed by atoms with E-state index in [1.54, 1.807) is 13.7 Å². The van der Waals surface area contributed by atoms with Crippen LogP contribution in [0.3, 0.4) is 0 Å². The van der Waals surface area contributed by atoms with Crippen LogP contribution in [-0.4, -0.2) is 13.7 Å². The molecule has 0 aromatic heterocycles. The van der Waals surface area contributed by atoms with E-state index in [1.807, 2.05) is 0 Å². The summed E-state index contributed by atoms with van der Waals surface area (Å²) in [7, 11) is 1.67. The Labute approximate surface area is 51.0 Å². The molecule has 2 heteroatoms. The Kier molecular flexibility index (Phi) is 6.61. The normalized spacial score (nSPS) is 9.25. The zero-order valence-corrected chi connectivity index (χ0v) is 5.39. The number of methoxy groups -OCH3 is 1. The van der Waals surface area contributed by atoms with Crippen LogP contribution in [0.25, 0.3) is 0 Å². The lowest BCUT2D eigenvalue weighted by atomic mass is 10.2. The second-order valence-corrected chi connectivity index (χ2v) is 1.69. The fourth-order valence-corrected chi connectivity index (χ4v) is 0.490. The summed E-state index contributed by atoms with van der Waals surface area (Å²) in [4.78, 5) is 0. The first-order valence-electron chi connectivity index (χ1n) is 2.96. The van der Waals surface area contributed by atoms with Gasteiger partial charge in [0.2, 0.25) is 6.61 Å². The molecular formula is C6H14NO+. The van der Waals surface area contributed by atoms with Gasteiger partial charge >= 0.3 is 0 Å². The highest BCUT2D eigenvalue weighted by Gasteiger charge is 1.93. The van der Waals surface area contributed by atoms with Gasteiger partial charge in [0.25, 0.3) is 0 Å². The van der Waals surface area contributed by atoms with Crippen molar-refractivity contribution < 1.29 is 4.74 Å². The molecule has 0 unspecified atom stereocenters. The lowest BCUT2D eigenvalue weighted by Gasteiger charge is -1.86. The van der Waals surface area contributed by atoms with Crippen LogP contribution < -0.4 is 5.73 Å². The fraction of sp³-hybridized carbons (Fsp3) is 0.833. The third-order valence-electron chi connectivity index (χ3n) is 0.943. The van der Waals surface area contributed by atoms with E-state index >= 15 is 0 Å². The van der Waals surface area contributed by atoms with E-state index in [-0.39, 0.29) is 0 Å². The summed E-state index contributed by atoms with van der Waals surface area (Å²) in [5.74, 6) is 0. The van der Waals surface area contributed by atoms with Gasteiger partial charge in [-0.2, -0.15) is 4.74 Å². The van der Waals surface area contributed by atoms with Crippen LogP contribution in [0.1, 0.15) is 19.3 Å². The van der Waals surface area contributed by atoms with Crippen LogP contribution in [-0.2, 0) is 4.74 Å². The van der Waals surface area contributed by atoms with E-state index in [4.69, 9.17) is 10.5 Å². The first-order chi connectivity index (χ1) is 3.91. The lowest BCUT2D eigenvalue weighted by Crippen LogP contribution is -1.97. The van der Waals surface area contributed by atoms with Gasteiger partial charge in [-0.25, -0.2) is 0 Å². The maximum Gasteiger partial charge on any atom is 0.226 e. The Morgan fingerprint density at radius 2 is 2.25 bits per heavy atom. The largest absolute Gasteiger partial charge is 0.330 e. The molecule has 0 aliphatic rings. The first-order valence-corrected chi connectivity index (χ1v) is 2.96. The topological polar surface area (TPSA) is 35.2 Å². The zero-order valence-electron chi connectivity index (χ0n) is 5.39. The molecular weight excluding hydrogens is 102 g/mol. The summed E-state index contributed by atoms with van der Waals surface area (Å²) in [5.41, 5.74) is 5.26. The number of unbranched alkanes of at least 4 members (excludes halogenated alkanes) is 2. The Hall–Kier alpha value is -0.210. The van der Waals surface area contributed by atoms with Gasteiger partial charge in [0.1, 0.15) is 6.42 Å². The molecule has 0 rings (SSSR count). The van der Waals surface area contributed by atoms with Crippen LogP contribution in [0.5, 0.6) is 0 Å². The van der Waals surface area contributed by atoms with Crippen molar-refractivity contribution in [3.63, 3.8) is 0 Å². The van der Waals surface area contributed by atoms with Crippen molar-refractivity contribution in [3.05, 3.63) is 6.61 Å². The maximum atomic E-state index is 5.26. The third kappa shape index (κ3) is 5.79. The Bertz CT molecular complexity index is 33.5. The maximum absolute atomic E-state index is 5.26. The van der Waals surface area contributed by atoms with E-state index in [0.29, 0.717) is 0 Å². The highest BCUT2D eigenvalue weighted by Crippen LogP contribution is 1.95. The fourth-order valence-electron chi connectivity index (χ4n) is 0.490. The molecule has 0 fully saturated rings. The van der Waals surface area contributed by atoms with Crippen LogP contribution in [0.15, 0.2) is 0 Å². The van der Waals surface area contributed by atoms with Crippen molar-refractivity contribution >= 4 is 0 Å². The molecule has 0 aromatic rings. The van der Waals surface area contributed by atoms with E-state index in [0.717, 1.165) is 25.8 Å². The number of rotatable bonds is 5. The average molecular weight is 116 g/mol. The number of hydrogen-bond donors (Lipinski definition) is 1. The van der Waals surface area contributed by atoms with Crippen molar-refractivity contribution in [1.29, 1.82) is 0 Å². The van der Waals surface area contributed by atoms with Crippen molar-refractivity contribution in [3.8, 4) is 0 Å². The molecule has 2 N–H and O–H groups in total. The van der Waals surface area contributed by atoms with E-state index < -0.39 is 0 Å². The minimum atomic E-state index is 0.789. The molecule has 0 aliphatic heterocycles. The smallest absolute Gasteiger partial charge is 0.226 e. The van der Waals surface area contributed by atoms with E-state index in [2.05, 4.69) is 0 Å². The molecule has 0 spiro atoms. The van der Waals surface area contributed by atoms with Crippen LogP contribution >= 0.6 is 0 Å². The molecule has 0 aromatic carbocycles. The van der Waals surface area contributed by atoms with E-state index in [9.17, 15) is 0 Å². The predicted octanol–water partition coefficient (Wildman–Crippen LogP) is 0.924. The van der Waals surface area contributed by atoms with Gasteiger partial charge in [-0.15, -0.1) is 0 Å². The second-order valence-electron chi connectivity index (χ2n) is 1.69. The Morgan fingerprint density at radius 3 is 2.75 bits per heavy atom. The molecule has 48 valence electrons. The summed E-state index contributed by atoms with van der Waals surface area (Å²) < 4.78 is 4.72. The molecule has 0 saturated carbocycles. The van der Waals surface area contributed by atoms with Gasteiger partial charge in [0, 0.05) is 0 Å². The molecule has 0 aliphatic carbocycles. The van der Waals surface area contributed by atoms with Gasteiger partial charge < -0.3 is 5.73 Å². The van der Waals surface area contributed by atoms with E-state index in [1.165, 1.54) is 0 Å². The van der Waals surface area contributed by atoms with Crippen LogP contribution in [0.4, 0.5) is 0 Å². The van der Waals surface area contributed by atoms with Gasteiger partial charge in [0.05, 0.1) is 7.11 Å². The number of ether oxygens (including phenoxy) is 1. The van der Waals surface area contributed by atoms with Gasteiger partial charge in [-0.05, 0) is 19.4 Å². The molecule has 0 atom stereocenters. The van der Waals surface area contributed by atoms with Crippen molar-refractivity contribution in [2.45, 2.75) is 19.3 Å². The second kappa shape index (κ2) is 6.79. The predicted molar refractivity (Wildman–Crippen MR) is 34.2 cm³/mol. The Morgan fingerprint density at radius 1 is 1.50 bits per heavy atom. The molecule has 0 saturated heterocycles. The summed E-state index contributed by atoms with van der Waals surface area (Å²) in [6.45, 7) is 2.59. The number of hydrogen-bond acceptors (Lipinski definition) is 2. The van der Waals surface area contributed by atoms with Crippen molar-refractivity contribution in [2.75, 3.05) is 13.7 Å². The highest BCUT2D eigenvalue weighted by molar-refractivity contribution is 4.49. The summed E-state index contributed by atoms with van der Waals surface area (Å²) in [6.07, 6.45) is 3.26. The monoisotopic (exact) mass is 116 g/mol. The van der Waals surface area contributed by atoms with Gasteiger partial charge in [0.15, 0.2) is 0 Å². The van der Waals surface area contributed by atoms with Gasteiger partial charge in [-0.3, -0.25) is 0 Å². The molecule has 8 heavy (non-hydrogen) atoms. The Balaban J connectivity index is 2.53. The quantitative estimate of drug-likeness (QED) is 0.428. The SMILES string of the molecule is CO[CH+]CCCCN. The molecule has 0 bridgehead atoms.